The summed E-state index contributed by atoms with van der Waals surface area (Å²) in [6.45, 7) is 5.59. The molecule has 3 heterocycles. The molecule has 0 unspecified atom stereocenters. The van der Waals surface area contributed by atoms with E-state index in [9.17, 15) is 14.4 Å². The number of rotatable bonds is 3. The maximum absolute atomic E-state index is 14.5. The van der Waals surface area contributed by atoms with E-state index in [1.54, 1.807) is 24.3 Å². The molecule has 0 aromatic heterocycles. The smallest absolute Gasteiger partial charge is 0.238 e. The predicted octanol–water partition coefficient (Wildman–Crippen LogP) is 6.05. The van der Waals surface area contributed by atoms with Crippen molar-refractivity contribution in [2.75, 3.05) is 5.32 Å². The van der Waals surface area contributed by atoms with Crippen LogP contribution in [0.3, 0.4) is 0 Å². The molecule has 1 spiro atoms. The predicted molar refractivity (Wildman–Crippen MR) is 144 cm³/mol. The second kappa shape index (κ2) is 8.15. The molecule has 4 atom stereocenters. The van der Waals surface area contributed by atoms with Gasteiger partial charge in [0.05, 0.1) is 18.0 Å². The van der Waals surface area contributed by atoms with Crippen molar-refractivity contribution in [3.05, 3.63) is 106 Å². The van der Waals surface area contributed by atoms with Gasteiger partial charge in [0, 0.05) is 27.9 Å². The highest BCUT2D eigenvalue weighted by molar-refractivity contribution is 6.30. The van der Waals surface area contributed by atoms with Crippen LogP contribution in [0.4, 0.5) is 5.69 Å². The number of carbonyl (C=O) groups is 3. The number of fused-ring (bicyclic) bond motifs is 6. The number of nitrogens with one attached hydrogen (secondary N) is 1. The number of hydrogen-bond acceptors (Lipinski definition) is 4. The molecule has 1 saturated heterocycles. The van der Waals surface area contributed by atoms with Crippen molar-refractivity contribution in [3.8, 4) is 0 Å². The Morgan fingerprint density at radius 3 is 2.35 bits per heavy atom. The summed E-state index contributed by atoms with van der Waals surface area (Å²) in [6.07, 6.45) is 3.86. The van der Waals surface area contributed by atoms with Crippen molar-refractivity contribution in [1.82, 2.24) is 4.90 Å². The van der Waals surface area contributed by atoms with Gasteiger partial charge in [-0.3, -0.25) is 14.4 Å². The molecule has 3 aromatic carbocycles. The highest BCUT2D eigenvalue weighted by Crippen LogP contribution is 2.62. The summed E-state index contributed by atoms with van der Waals surface area (Å²) in [6, 6.07) is 20.8. The van der Waals surface area contributed by atoms with E-state index in [0.29, 0.717) is 16.3 Å². The number of ketones is 2. The Hall–Kier alpha value is -3.70. The first-order valence-corrected chi connectivity index (χ1v) is 12.8. The molecule has 1 amide bonds. The monoisotopic (exact) mass is 510 g/mol. The van der Waals surface area contributed by atoms with Gasteiger partial charge in [-0.1, -0.05) is 74.8 Å². The minimum atomic E-state index is -1.31. The van der Waals surface area contributed by atoms with Crippen LogP contribution < -0.4 is 5.32 Å². The Morgan fingerprint density at radius 2 is 1.62 bits per heavy atom. The van der Waals surface area contributed by atoms with Crippen LogP contribution in [0.2, 0.25) is 5.02 Å². The number of Topliss-reactive ketones (excluding diaryl/α,β-unsaturated/α-hetero) is 2. The van der Waals surface area contributed by atoms with Crippen LogP contribution in [0.5, 0.6) is 0 Å². The number of benzene rings is 3. The lowest BCUT2D eigenvalue weighted by Crippen LogP contribution is -2.50. The third-order valence-electron chi connectivity index (χ3n) is 7.99. The quantitative estimate of drug-likeness (QED) is 0.435. The fraction of sp³-hybridized carbons (Fsp3) is 0.258. The first kappa shape index (κ1) is 23.7. The molecule has 6 heteroatoms. The first-order chi connectivity index (χ1) is 17.7. The molecule has 0 saturated carbocycles. The molecule has 0 radical (unpaired) electrons. The highest BCUT2D eigenvalue weighted by atomic mass is 35.5. The van der Waals surface area contributed by atoms with Crippen LogP contribution >= 0.6 is 11.6 Å². The molecule has 186 valence electrons. The number of halogens is 1. The minimum Gasteiger partial charge on any atom is -0.358 e. The third kappa shape index (κ3) is 3.27. The highest BCUT2D eigenvalue weighted by Gasteiger charge is 2.71. The SMILES string of the molecule is CC(C)(C)C(=O)[C@@H]1[C@@H](C(=O)c2ccc(Cl)cc2)[C@]2(C(=O)Nc3ccccc32)[C@H]2c3ccccc3C=CN12. The summed E-state index contributed by atoms with van der Waals surface area (Å²) in [7, 11) is 0. The van der Waals surface area contributed by atoms with Crippen molar-refractivity contribution in [3.63, 3.8) is 0 Å². The second-order valence-electron chi connectivity index (χ2n) is 11.1. The lowest BCUT2D eigenvalue weighted by atomic mass is 9.62. The Balaban J connectivity index is 1.69. The molecular weight excluding hydrogens is 484 g/mol. The van der Waals surface area contributed by atoms with Crippen LogP contribution in [-0.2, 0) is 15.0 Å². The summed E-state index contributed by atoms with van der Waals surface area (Å²) in [5.74, 6) is -1.54. The molecule has 1 fully saturated rings. The Morgan fingerprint density at radius 1 is 0.946 bits per heavy atom. The molecule has 1 N–H and O–H groups in total. The van der Waals surface area contributed by atoms with Crippen LogP contribution in [0.25, 0.3) is 6.08 Å². The van der Waals surface area contributed by atoms with Crippen LogP contribution in [0, 0.1) is 11.3 Å². The minimum absolute atomic E-state index is 0.0806. The Kier molecular flexibility index (Phi) is 5.22. The van der Waals surface area contributed by atoms with E-state index in [4.69, 9.17) is 11.6 Å². The number of anilines is 1. The molecule has 3 aliphatic rings. The van der Waals surface area contributed by atoms with E-state index in [2.05, 4.69) is 5.32 Å². The molecule has 3 aromatic rings. The molecular formula is C31H27ClN2O3. The summed E-state index contributed by atoms with van der Waals surface area (Å²) in [4.78, 5) is 45.0. The normalized spacial score (nSPS) is 25.5. The molecule has 6 rings (SSSR count). The van der Waals surface area contributed by atoms with E-state index in [1.165, 1.54) is 0 Å². The van der Waals surface area contributed by atoms with Crippen molar-refractivity contribution in [1.29, 1.82) is 0 Å². The zero-order valence-corrected chi connectivity index (χ0v) is 21.6. The number of hydrogen-bond donors (Lipinski definition) is 1. The van der Waals surface area contributed by atoms with E-state index in [0.717, 1.165) is 16.7 Å². The van der Waals surface area contributed by atoms with E-state index >= 15 is 0 Å². The number of nitrogens with zero attached hydrogens (tertiary/aromatic N) is 1. The van der Waals surface area contributed by atoms with E-state index in [1.807, 2.05) is 86.5 Å². The molecule has 37 heavy (non-hydrogen) atoms. The maximum Gasteiger partial charge on any atom is 0.238 e. The van der Waals surface area contributed by atoms with Gasteiger partial charge in [-0.25, -0.2) is 0 Å². The standard InChI is InChI=1S/C31H27ClN2O3/c1-30(2,3)28(36)25-24(26(35)19-12-14-20(32)15-13-19)31(22-10-6-7-11-23(22)33-29(31)37)27-21-9-5-4-8-18(21)16-17-34(25)27/h4-17,24-25,27H,1-3H3,(H,33,37)/t24-,25-,27+,31-/m0/s1. The van der Waals surface area contributed by atoms with Gasteiger partial charge in [0.1, 0.15) is 5.41 Å². The summed E-state index contributed by atoms with van der Waals surface area (Å²) >= 11 is 6.13. The average molecular weight is 511 g/mol. The van der Waals surface area contributed by atoms with Gasteiger partial charge < -0.3 is 10.2 Å². The molecule has 0 bridgehead atoms. The van der Waals surface area contributed by atoms with Gasteiger partial charge >= 0.3 is 0 Å². The van der Waals surface area contributed by atoms with Gasteiger partial charge in [0.15, 0.2) is 11.6 Å². The summed E-state index contributed by atoms with van der Waals surface area (Å²) < 4.78 is 0. The van der Waals surface area contributed by atoms with Crippen LogP contribution in [0.1, 0.15) is 53.9 Å². The van der Waals surface area contributed by atoms with Gasteiger partial charge in [-0.2, -0.15) is 0 Å². The topological polar surface area (TPSA) is 66.5 Å². The summed E-state index contributed by atoms with van der Waals surface area (Å²) in [5, 5.41) is 3.58. The average Bonchev–Trinajstić information content (AvgIpc) is 3.35. The van der Waals surface area contributed by atoms with Crippen molar-refractivity contribution >= 4 is 40.8 Å². The Labute approximate surface area is 221 Å². The largest absolute Gasteiger partial charge is 0.358 e. The van der Waals surface area contributed by atoms with Gasteiger partial charge in [0.25, 0.3) is 0 Å². The zero-order valence-electron chi connectivity index (χ0n) is 20.9. The summed E-state index contributed by atoms with van der Waals surface area (Å²) in [5.41, 5.74) is 1.71. The first-order valence-electron chi connectivity index (χ1n) is 12.5. The molecule has 5 nitrogen and oxygen atoms in total. The molecule has 0 aliphatic carbocycles. The maximum atomic E-state index is 14.5. The van der Waals surface area contributed by atoms with E-state index in [-0.39, 0.29) is 17.5 Å². The fourth-order valence-corrected chi connectivity index (χ4v) is 6.53. The van der Waals surface area contributed by atoms with Crippen molar-refractivity contribution in [2.24, 2.45) is 11.3 Å². The van der Waals surface area contributed by atoms with Gasteiger partial charge in [-0.05, 0) is 53.1 Å². The van der Waals surface area contributed by atoms with Crippen LogP contribution in [-0.4, -0.2) is 28.4 Å². The number of amides is 1. The van der Waals surface area contributed by atoms with Crippen molar-refractivity contribution in [2.45, 2.75) is 38.3 Å². The number of para-hydroxylation sites is 1. The Bertz CT molecular complexity index is 1490. The third-order valence-corrected chi connectivity index (χ3v) is 8.24. The zero-order chi connectivity index (χ0) is 26.1. The van der Waals surface area contributed by atoms with Gasteiger partial charge in [-0.15, -0.1) is 0 Å². The van der Waals surface area contributed by atoms with E-state index < -0.39 is 28.8 Å². The second-order valence-corrected chi connectivity index (χ2v) is 11.5. The fourth-order valence-electron chi connectivity index (χ4n) is 6.41. The molecule has 3 aliphatic heterocycles. The van der Waals surface area contributed by atoms with Gasteiger partial charge in [0.2, 0.25) is 5.91 Å². The number of carbonyl (C=O) groups excluding carboxylic acids is 3. The lowest BCUT2D eigenvalue weighted by Gasteiger charge is -2.38. The van der Waals surface area contributed by atoms with Crippen LogP contribution in [0.15, 0.2) is 79.0 Å². The van der Waals surface area contributed by atoms with Crippen molar-refractivity contribution < 1.29 is 14.4 Å². The lowest BCUT2D eigenvalue weighted by molar-refractivity contribution is -0.131.